The fourth-order valence-corrected chi connectivity index (χ4v) is 5.48. The van der Waals surface area contributed by atoms with Gasteiger partial charge in [0.05, 0.1) is 12.1 Å². The van der Waals surface area contributed by atoms with Crippen molar-refractivity contribution in [2.45, 2.75) is 63.5 Å². The normalized spacial score (nSPS) is 24.4. The number of hydrogen-bond acceptors (Lipinski definition) is 6. The zero-order valence-corrected chi connectivity index (χ0v) is 18.5. The van der Waals surface area contributed by atoms with Crippen molar-refractivity contribution in [1.29, 1.82) is 0 Å². The molecule has 0 aromatic carbocycles. The fourth-order valence-electron chi connectivity index (χ4n) is 5.48. The minimum atomic E-state index is -4.54. The molecule has 0 unspecified atom stereocenters. The molecule has 2 saturated heterocycles. The van der Waals surface area contributed by atoms with Gasteiger partial charge in [-0.25, -0.2) is 9.78 Å². The van der Waals surface area contributed by atoms with Crippen LogP contribution in [0.25, 0.3) is 0 Å². The van der Waals surface area contributed by atoms with Gasteiger partial charge in [-0.05, 0) is 19.8 Å². The predicted octanol–water partition coefficient (Wildman–Crippen LogP) is 2.13. The van der Waals surface area contributed by atoms with E-state index < -0.39 is 23.4 Å². The summed E-state index contributed by atoms with van der Waals surface area (Å²) in [6.07, 6.45) is -0.574. The number of esters is 1. The molecular weight excluding hydrogens is 441 g/mol. The molecule has 4 aliphatic heterocycles. The molecule has 0 atom stereocenters. The van der Waals surface area contributed by atoms with Crippen LogP contribution in [0.15, 0.2) is 17.3 Å². The Morgan fingerprint density at radius 3 is 2.52 bits per heavy atom. The molecule has 0 radical (unpaired) electrons. The first-order valence-corrected chi connectivity index (χ1v) is 11.4. The summed E-state index contributed by atoms with van der Waals surface area (Å²) in [5.41, 5.74) is -1.28. The van der Waals surface area contributed by atoms with E-state index in [2.05, 4.69) is 9.88 Å². The number of fused-ring (bicyclic) bond motifs is 1. The molecule has 1 amide bonds. The van der Waals surface area contributed by atoms with Crippen molar-refractivity contribution >= 4 is 11.9 Å². The van der Waals surface area contributed by atoms with E-state index >= 15 is 0 Å². The van der Waals surface area contributed by atoms with Gasteiger partial charge in [-0.15, -0.1) is 0 Å². The first kappa shape index (κ1) is 22.4. The van der Waals surface area contributed by atoms with Gasteiger partial charge in [-0.3, -0.25) is 9.69 Å². The van der Waals surface area contributed by atoms with E-state index in [1.165, 1.54) is 9.47 Å². The Morgan fingerprint density at radius 1 is 1.15 bits per heavy atom. The molecule has 1 aromatic rings. The monoisotopic (exact) mass is 468 g/mol. The number of halogens is 3. The number of nitrogens with zero attached hydrogens (tertiary/aromatic N) is 4. The van der Waals surface area contributed by atoms with Crippen molar-refractivity contribution < 1.29 is 32.2 Å². The number of piperidine rings is 1. The highest BCUT2D eigenvalue weighted by molar-refractivity contribution is 6.07. The molecule has 8 nitrogen and oxygen atoms in total. The second kappa shape index (κ2) is 8.12. The van der Waals surface area contributed by atoms with Gasteiger partial charge >= 0.3 is 12.1 Å². The molecular formula is C22H27F3N4O4. The SMILES string of the molecule is CC1=C(C(=O)N2CCn3cc(C(F)(F)F)nc3C2)C2(CCN(C3CCOCC3)CC2)OC1=O. The Morgan fingerprint density at radius 2 is 1.85 bits per heavy atom. The van der Waals surface area contributed by atoms with E-state index in [4.69, 9.17) is 9.47 Å². The van der Waals surface area contributed by atoms with E-state index in [1.807, 2.05) is 0 Å². The van der Waals surface area contributed by atoms with Gasteiger partial charge in [0.25, 0.3) is 5.91 Å². The van der Waals surface area contributed by atoms with E-state index in [1.54, 1.807) is 6.92 Å². The second-order valence-electron chi connectivity index (χ2n) is 9.22. The van der Waals surface area contributed by atoms with Crippen LogP contribution in [0, 0.1) is 0 Å². The molecule has 33 heavy (non-hydrogen) atoms. The minimum absolute atomic E-state index is 0.0375. The number of carbonyl (C=O) groups excluding carboxylic acids is 2. The lowest BCUT2D eigenvalue weighted by Gasteiger charge is -2.44. The maximum Gasteiger partial charge on any atom is 0.434 e. The van der Waals surface area contributed by atoms with Crippen LogP contribution < -0.4 is 0 Å². The first-order valence-electron chi connectivity index (χ1n) is 11.4. The quantitative estimate of drug-likeness (QED) is 0.619. The average Bonchev–Trinajstić information content (AvgIpc) is 3.33. The Hall–Kier alpha value is -2.40. The van der Waals surface area contributed by atoms with Crippen LogP contribution in [0.4, 0.5) is 13.2 Å². The van der Waals surface area contributed by atoms with Crippen LogP contribution in [0.3, 0.4) is 0 Å². The van der Waals surface area contributed by atoms with Gasteiger partial charge in [0.2, 0.25) is 0 Å². The highest BCUT2D eigenvalue weighted by Gasteiger charge is 2.52. The third-order valence-corrected chi connectivity index (χ3v) is 7.33. The molecule has 4 aliphatic rings. The number of hydrogen-bond donors (Lipinski definition) is 0. The Kier molecular flexibility index (Phi) is 5.51. The summed E-state index contributed by atoms with van der Waals surface area (Å²) in [6, 6.07) is 0.432. The molecule has 1 aromatic heterocycles. The van der Waals surface area contributed by atoms with Gasteiger partial charge in [0.1, 0.15) is 11.4 Å². The highest BCUT2D eigenvalue weighted by Crippen LogP contribution is 2.43. The Balaban J connectivity index is 1.33. The van der Waals surface area contributed by atoms with E-state index in [-0.39, 0.29) is 31.4 Å². The zero-order valence-electron chi connectivity index (χ0n) is 18.5. The van der Waals surface area contributed by atoms with Gasteiger partial charge < -0.3 is 18.9 Å². The van der Waals surface area contributed by atoms with E-state index in [9.17, 15) is 22.8 Å². The number of carbonyl (C=O) groups is 2. The summed E-state index contributed by atoms with van der Waals surface area (Å²) in [5, 5.41) is 0. The Labute approximate surface area is 189 Å². The third-order valence-electron chi connectivity index (χ3n) is 7.33. The molecule has 180 valence electrons. The molecule has 0 N–H and O–H groups in total. The van der Waals surface area contributed by atoms with Crippen LogP contribution in [-0.4, -0.2) is 75.7 Å². The topological polar surface area (TPSA) is 76.9 Å². The number of ether oxygens (including phenoxy) is 2. The number of aromatic nitrogens is 2. The summed E-state index contributed by atoms with van der Waals surface area (Å²) in [4.78, 5) is 33.6. The van der Waals surface area contributed by atoms with Gasteiger partial charge in [-0.1, -0.05) is 0 Å². The van der Waals surface area contributed by atoms with Crippen LogP contribution in [0.1, 0.15) is 44.1 Å². The first-order chi connectivity index (χ1) is 15.7. The minimum Gasteiger partial charge on any atom is -0.450 e. The molecule has 5 rings (SSSR count). The van der Waals surface area contributed by atoms with Gasteiger partial charge in [0, 0.05) is 70.0 Å². The van der Waals surface area contributed by atoms with Crippen molar-refractivity contribution in [3.63, 3.8) is 0 Å². The standard InChI is InChI=1S/C22H27F3N4O4/c1-14-18(19(30)29-9-8-28-12-16(22(23,24)25)26-17(28)13-29)21(33-20(14)31)4-6-27(7-5-21)15-2-10-32-11-3-15/h12,15H,2-11,13H2,1H3. The summed E-state index contributed by atoms with van der Waals surface area (Å²) < 4.78 is 51.8. The van der Waals surface area contributed by atoms with Crippen LogP contribution in [0.2, 0.25) is 0 Å². The maximum atomic E-state index is 13.6. The zero-order chi connectivity index (χ0) is 23.4. The van der Waals surface area contributed by atoms with Gasteiger partial charge in [-0.2, -0.15) is 13.2 Å². The summed E-state index contributed by atoms with van der Waals surface area (Å²) in [6.45, 7) is 4.93. The fraction of sp³-hybridized carbons (Fsp3) is 0.682. The molecule has 11 heteroatoms. The number of likely N-dealkylation sites (tertiary alicyclic amines) is 1. The van der Waals surface area contributed by atoms with Gasteiger partial charge in [0.15, 0.2) is 5.69 Å². The molecule has 0 aliphatic carbocycles. The largest absolute Gasteiger partial charge is 0.450 e. The maximum absolute atomic E-state index is 13.6. The predicted molar refractivity (Wildman–Crippen MR) is 109 cm³/mol. The van der Waals surface area contributed by atoms with Crippen LogP contribution >= 0.6 is 0 Å². The smallest absolute Gasteiger partial charge is 0.434 e. The van der Waals surface area contributed by atoms with Crippen LogP contribution in [-0.2, 0) is 38.3 Å². The molecule has 0 bridgehead atoms. The Bertz CT molecular complexity index is 988. The number of rotatable bonds is 2. The van der Waals surface area contributed by atoms with Crippen LogP contribution in [0.5, 0.6) is 0 Å². The molecule has 1 spiro atoms. The van der Waals surface area contributed by atoms with Crippen molar-refractivity contribution in [3.8, 4) is 0 Å². The highest BCUT2D eigenvalue weighted by atomic mass is 19.4. The lowest BCUT2D eigenvalue weighted by atomic mass is 9.81. The summed E-state index contributed by atoms with van der Waals surface area (Å²) >= 11 is 0. The molecule has 2 fully saturated rings. The number of alkyl halides is 3. The van der Waals surface area contributed by atoms with E-state index in [0.29, 0.717) is 43.1 Å². The second-order valence-corrected chi connectivity index (χ2v) is 9.22. The average molecular weight is 468 g/mol. The third kappa shape index (κ3) is 3.95. The summed E-state index contributed by atoms with van der Waals surface area (Å²) in [5.74, 6) is -0.648. The molecule has 5 heterocycles. The van der Waals surface area contributed by atoms with Crippen molar-refractivity contribution in [3.05, 3.63) is 28.9 Å². The lowest BCUT2D eigenvalue weighted by Crippen LogP contribution is -2.53. The summed E-state index contributed by atoms with van der Waals surface area (Å²) in [7, 11) is 0. The lowest BCUT2D eigenvalue weighted by molar-refractivity contribution is -0.152. The molecule has 0 saturated carbocycles. The van der Waals surface area contributed by atoms with Crippen molar-refractivity contribution in [1.82, 2.24) is 19.4 Å². The number of amides is 1. The van der Waals surface area contributed by atoms with E-state index in [0.717, 1.165) is 32.3 Å². The van der Waals surface area contributed by atoms with Crippen molar-refractivity contribution in [2.75, 3.05) is 32.8 Å². The van der Waals surface area contributed by atoms with Crippen molar-refractivity contribution in [2.24, 2.45) is 0 Å². The number of imidazole rings is 1.